The molecule has 12 heteroatoms. The number of nitrogens with one attached hydrogen (secondary N) is 2. The third kappa shape index (κ3) is 7.46. The maximum atomic E-state index is 13.5. The molecule has 0 fully saturated rings. The van der Waals surface area contributed by atoms with Gasteiger partial charge in [-0.3, -0.25) is 4.79 Å². The Labute approximate surface area is 244 Å². The summed E-state index contributed by atoms with van der Waals surface area (Å²) >= 11 is 3.53. The van der Waals surface area contributed by atoms with E-state index in [0.29, 0.717) is 38.3 Å². The fourth-order valence-corrected chi connectivity index (χ4v) is 5.24. The molecule has 0 saturated carbocycles. The van der Waals surface area contributed by atoms with Crippen LogP contribution in [0.2, 0.25) is 0 Å². The van der Waals surface area contributed by atoms with Crippen LogP contribution in [0.5, 0.6) is 5.75 Å². The van der Waals surface area contributed by atoms with Crippen LogP contribution in [0.15, 0.2) is 83.3 Å². The minimum atomic E-state index is -3.08. The highest BCUT2D eigenvalue weighted by molar-refractivity contribution is 9.10. The molecule has 9 nitrogen and oxygen atoms in total. The van der Waals surface area contributed by atoms with Crippen LogP contribution in [0.3, 0.4) is 0 Å². The van der Waals surface area contributed by atoms with Crippen molar-refractivity contribution in [2.24, 2.45) is 0 Å². The van der Waals surface area contributed by atoms with Crippen LogP contribution in [0.25, 0.3) is 10.9 Å². The molecule has 0 bridgehead atoms. The number of fused-ring (bicyclic) bond motifs is 1. The van der Waals surface area contributed by atoms with Crippen molar-refractivity contribution in [2.75, 3.05) is 30.4 Å². The maximum Gasteiger partial charge on any atom is 0.204 e. The zero-order chi connectivity index (χ0) is 29.0. The lowest BCUT2D eigenvalue weighted by atomic mass is 10.0. The average Bonchev–Trinajstić information content (AvgIpc) is 3.30. The normalized spacial score (nSPS) is 15.0. The van der Waals surface area contributed by atoms with E-state index in [2.05, 4.69) is 36.5 Å². The average molecular weight is 642 g/mol. The first kappa shape index (κ1) is 28.7. The van der Waals surface area contributed by atoms with Crippen LogP contribution < -0.4 is 15.4 Å². The molecule has 0 amide bonds. The third-order valence-corrected chi connectivity index (χ3v) is 7.79. The summed E-state index contributed by atoms with van der Waals surface area (Å²) < 4.78 is 48.5. The molecule has 0 spiro atoms. The van der Waals surface area contributed by atoms with Gasteiger partial charge >= 0.3 is 0 Å². The summed E-state index contributed by atoms with van der Waals surface area (Å²) in [6.07, 6.45) is 3.24. The number of hydrogen-bond acceptors (Lipinski definition) is 9. The lowest BCUT2D eigenvalue weighted by Crippen LogP contribution is -2.24. The number of carbonyl (C=O) groups is 1. The highest BCUT2D eigenvalue weighted by Crippen LogP contribution is 2.34. The predicted molar refractivity (Wildman–Crippen MR) is 157 cm³/mol. The summed E-state index contributed by atoms with van der Waals surface area (Å²) in [7, 11) is -3.08. The summed E-state index contributed by atoms with van der Waals surface area (Å²) in [4.78, 5) is 21.5. The van der Waals surface area contributed by atoms with Gasteiger partial charge in [0.05, 0.1) is 22.3 Å². The van der Waals surface area contributed by atoms with Crippen LogP contribution in [0.4, 0.5) is 15.9 Å². The first-order chi connectivity index (χ1) is 19.6. The van der Waals surface area contributed by atoms with Gasteiger partial charge in [0.25, 0.3) is 0 Å². The summed E-state index contributed by atoms with van der Waals surface area (Å²) in [6.45, 7) is 0.729. The minimum absolute atomic E-state index is 0.000654. The molecule has 1 unspecified atom stereocenters. The number of sulfone groups is 1. The predicted octanol–water partition coefficient (Wildman–Crippen LogP) is 5.01. The molecule has 0 saturated heterocycles. The minimum Gasteiger partial charge on any atom is -0.488 e. The fraction of sp³-hybridized carbons (Fsp3) is 0.207. The van der Waals surface area contributed by atoms with Gasteiger partial charge in [0.1, 0.15) is 45.9 Å². The molecule has 0 aliphatic carbocycles. The molecule has 1 atom stereocenters. The topological polar surface area (TPSA) is 120 Å². The van der Waals surface area contributed by atoms with E-state index in [1.807, 2.05) is 18.2 Å². The number of halogens is 2. The van der Waals surface area contributed by atoms with Gasteiger partial charge in [0.2, 0.25) is 5.78 Å². The monoisotopic (exact) mass is 640 g/mol. The van der Waals surface area contributed by atoms with Crippen molar-refractivity contribution >= 4 is 54.0 Å². The molecule has 2 heterocycles. The van der Waals surface area contributed by atoms with Crippen LogP contribution in [0, 0.1) is 5.82 Å². The fourth-order valence-electron chi connectivity index (χ4n) is 4.23. The van der Waals surface area contributed by atoms with Crippen molar-refractivity contribution in [1.82, 2.24) is 15.3 Å². The molecule has 41 heavy (non-hydrogen) atoms. The Morgan fingerprint density at radius 3 is 2.73 bits per heavy atom. The van der Waals surface area contributed by atoms with Crippen molar-refractivity contribution in [3.63, 3.8) is 0 Å². The van der Waals surface area contributed by atoms with Crippen LogP contribution in [-0.4, -0.2) is 49.3 Å². The molecule has 5 rings (SSSR count). The molecule has 0 radical (unpaired) electrons. The molecular weight excluding hydrogens is 615 g/mol. The lowest BCUT2D eigenvalue weighted by molar-refractivity contribution is -0.120. The zero-order valence-corrected chi connectivity index (χ0v) is 24.3. The quantitative estimate of drug-likeness (QED) is 0.218. The zero-order valence-electron chi connectivity index (χ0n) is 21.9. The number of anilines is 2. The van der Waals surface area contributed by atoms with E-state index in [1.165, 1.54) is 30.8 Å². The van der Waals surface area contributed by atoms with Gasteiger partial charge in [-0.2, -0.15) is 0 Å². The van der Waals surface area contributed by atoms with Gasteiger partial charge < -0.3 is 20.1 Å². The first-order valence-electron chi connectivity index (χ1n) is 12.6. The molecule has 1 aliphatic heterocycles. The van der Waals surface area contributed by atoms with E-state index in [0.717, 1.165) is 11.3 Å². The maximum absolute atomic E-state index is 13.5. The van der Waals surface area contributed by atoms with Gasteiger partial charge in [-0.25, -0.2) is 22.8 Å². The van der Waals surface area contributed by atoms with Gasteiger partial charge in [0, 0.05) is 35.5 Å². The van der Waals surface area contributed by atoms with Gasteiger partial charge in [0.15, 0.2) is 6.10 Å². The number of aromatic nitrogens is 2. The van der Waals surface area contributed by atoms with Crippen molar-refractivity contribution in [2.45, 2.75) is 12.7 Å². The lowest BCUT2D eigenvalue weighted by Gasteiger charge is -2.15. The Bertz CT molecular complexity index is 1750. The van der Waals surface area contributed by atoms with Crippen molar-refractivity contribution in [1.29, 1.82) is 0 Å². The molecule has 1 aromatic heterocycles. The van der Waals surface area contributed by atoms with Gasteiger partial charge in [-0.05, 0) is 64.0 Å². The van der Waals surface area contributed by atoms with Crippen LogP contribution in [-0.2, 0) is 26.0 Å². The second kappa shape index (κ2) is 12.3. The van der Waals surface area contributed by atoms with Crippen LogP contribution >= 0.6 is 15.9 Å². The number of rotatable bonds is 11. The van der Waals surface area contributed by atoms with Gasteiger partial charge in [-0.1, -0.05) is 18.2 Å². The van der Waals surface area contributed by atoms with Crippen molar-refractivity contribution in [3.8, 4) is 5.75 Å². The Hall–Kier alpha value is -3.87. The van der Waals surface area contributed by atoms with Crippen LogP contribution in [0.1, 0.15) is 17.2 Å². The number of nitrogens with zero attached hydrogens (tertiary/aromatic N) is 2. The van der Waals surface area contributed by atoms with Gasteiger partial charge in [-0.15, -0.1) is 0 Å². The van der Waals surface area contributed by atoms with E-state index >= 15 is 0 Å². The number of benzene rings is 3. The second-order valence-electron chi connectivity index (χ2n) is 9.51. The number of ketones is 1. The number of ether oxygens (including phenoxy) is 2. The van der Waals surface area contributed by atoms with E-state index in [1.54, 1.807) is 30.3 Å². The van der Waals surface area contributed by atoms with E-state index in [-0.39, 0.29) is 37.0 Å². The molecular formula is C29H26BrFN4O5S. The first-order valence-corrected chi connectivity index (χ1v) is 15.5. The molecule has 1 aliphatic rings. The molecule has 4 aromatic rings. The Morgan fingerprint density at radius 1 is 1.10 bits per heavy atom. The largest absolute Gasteiger partial charge is 0.488 e. The Morgan fingerprint density at radius 2 is 1.95 bits per heavy atom. The number of hydrogen-bond donors (Lipinski definition) is 2. The summed E-state index contributed by atoms with van der Waals surface area (Å²) in [5.41, 5.74) is 2.78. The highest BCUT2D eigenvalue weighted by atomic mass is 79.9. The van der Waals surface area contributed by atoms with E-state index in [9.17, 15) is 17.6 Å². The van der Waals surface area contributed by atoms with Crippen molar-refractivity contribution < 1.29 is 27.1 Å². The molecule has 212 valence electrons. The summed E-state index contributed by atoms with van der Waals surface area (Å²) in [5.74, 6) is 1.07. The standard InChI is InChI=1S/C29H26BrFN4O5S/c1-41(37,38)10-9-32-15-22-14-26(36)28(40-22)19-5-7-25-23(12-19)29(34-17-33-25)35-21-6-8-27(24(30)13-21)39-16-18-3-2-4-20(31)11-18/h2-8,11-14,17,28,32H,9-10,15-16H2,1H3,(H,33,34,35). The molecule has 3 aromatic carbocycles. The molecule has 2 N–H and O–H groups in total. The van der Waals surface area contributed by atoms with E-state index in [4.69, 9.17) is 9.47 Å². The summed E-state index contributed by atoms with van der Waals surface area (Å²) in [6, 6.07) is 17.1. The van der Waals surface area contributed by atoms with E-state index < -0.39 is 15.9 Å². The Kier molecular flexibility index (Phi) is 8.62. The Balaban J connectivity index is 1.27. The third-order valence-electron chi connectivity index (χ3n) is 6.22. The highest BCUT2D eigenvalue weighted by Gasteiger charge is 2.29. The SMILES string of the molecule is CS(=O)(=O)CCNCC1=CC(=O)C(c2ccc3ncnc(Nc4ccc(OCc5cccc(F)c5)c(Br)c4)c3c2)O1. The smallest absolute Gasteiger partial charge is 0.204 e. The number of carbonyl (C=O) groups excluding carboxylic acids is 1. The van der Waals surface area contributed by atoms with Crippen molar-refractivity contribution in [3.05, 3.63) is 100 Å². The summed E-state index contributed by atoms with van der Waals surface area (Å²) in [5, 5.41) is 6.98. The second-order valence-corrected chi connectivity index (χ2v) is 12.6.